The molecule has 0 fully saturated rings. The van der Waals surface area contributed by atoms with Crippen molar-refractivity contribution in [2.24, 2.45) is 0 Å². The molecule has 0 aliphatic carbocycles. The maximum Gasteiger partial charge on any atom is 0.348 e. The summed E-state index contributed by atoms with van der Waals surface area (Å²) in [6.45, 7) is 8.40. The highest BCUT2D eigenvalue weighted by Crippen LogP contribution is 2.56. The van der Waals surface area contributed by atoms with Crippen LogP contribution in [0.4, 0.5) is 0 Å². The molecule has 1 aliphatic rings. The number of unbranched alkanes of at least 4 members (excludes halogenated alkanes) is 14. The summed E-state index contributed by atoms with van der Waals surface area (Å²) >= 11 is 2.42. The first-order valence-electron chi connectivity index (χ1n) is 16.7. The molecule has 242 valence electrons. The van der Waals surface area contributed by atoms with Gasteiger partial charge in [0.2, 0.25) is 9.84 Å². The summed E-state index contributed by atoms with van der Waals surface area (Å²) in [5.74, 6) is -0.927. The van der Waals surface area contributed by atoms with Crippen LogP contribution in [-0.2, 0) is 32.2 Å². The molecule has 0 radical (unpaired) electrons. The number of sulfone groups is 1. The van der Waals surface area contributed by atoms with Gasteiger partial charge in [0, 0.05) is 0 Å². The molecule has 0 atom stereocenters. The third kappa shape index (κ3) is 9.16. The predicted octanol–water partition coefficient (Wildman–Crippen LogP) is 10.3. The number of carbonyl (C=O) groups excluding carboxylic acids is 2. The predicted molar refractivity (Wildman–Crippen MR) is 178 cm³/mol. The van der Waals surface area contributed by atoms with E-state index >= 15 is 0 Å². The second kappa shape index (κ2) is 18.3. The Balaban J connectivity index is 1.87. The van der Waals surface area contributed by atoms with Crippen LogP contribution in [0.25, 0.3) is 9.75 Å². The Bertz CT molecular complexity index is 1200. The Hall–Kier alpha value is -1.71. The molecule has 3 rings (SSSR count). The van der Waals surface area contributed by atoms with Crippen molar-refractivity contribution in [2.75, 3.05) is 13.2 Å². The highest BCUT2D eigenvalue weighted by atomic mass is 32.2. The monoisotopic (exact) mass is 652 g/mol. The zero-order chi connectivity index (χ0) is 31.2. The van der Waals surface area contributed by atoms with Crippen LogP contribution in [0.3, 0.4) is 0 Å². The first-order valence-corrected chi connectivity index (χ1v) is 19.9. The van der Waals surface area contributed by atoms with Gasteiger partial charge in [0.25, 0.3) is 0 Å². The number of rotatable bonds is 22. The fourth-order valence-electron chi connectivity index (χ4n) is 5.92. The van der Waals surface area contributed by atoms with Crippen LogP contribution < -0.4 is 0 Å². The van der Waals surface area contributed by atoms with Crippen LogP contribution in [0.15, 0.2) is 9.79 Å². The largest absolute Gasteiger partial charge is 0.462 e. The zero-order valence-electron chi connectivity index (χ0n) is 26.8. The van der Waals surface area contributed by atoms with Gasteiger partial charge in [0.1, 0.15) is 9.75 Å². The molecule has 6 nitrogen and oxygen atoms in total. The maximum absolute atomic E-state index is 14.3. The van der Waals surface area contributed by atoms with E-state index in [-0.39, 0.29) is 23.0 Å². The van der Waals surface area contributed by atoms with E-state index in [0.29, 0.717) is 43.5 Å². The van der Waals surface area contributed by atoms with E-state index in [1.807, 2.05) is 0 Å². The average molecular weight is 653 g/mol. The normalized spacial score (nSPS) is 13.2. The Labute approximate surface area is 267 Å². The fraction of sp³-hybridized carbons (Fsp3) is 0.706. The van der Waals surface area contributed by atoms with E-state index in [1.165, 1.54) is 86.9 Å². The Morgan fingerprint density at radius 2 is 0.860 bits per heavy atom. The molecule has 2 aromatic rings. The molecule has 0 spiro atoms. The van der Waals surface area contributed by atoms with Gasteiger partial charge in [-0.05, 0) is 50.7 Å². The smallest absolute Gasteiger partial charge is 0.348 e. The van der Waals surface area contributed by atoms with Gasteiger partial charge in [-0.1, -0.05) is 104 Å². The summed E-state index contributed by atoms with van der Waals surface area (Å²) in [6, 6.07) is 0. The van der Waals surface area contributed by atoms with Crippen molar-refractivity contribution in [1.29, 1.82) is 0 Å². The third-order valence-electron chi connectivity index (χ3n) is 8.14. The van der Waals surface area contributed by atoms with E-state index < -0.39 is 21.8 Å². The van der Waals surface area contributed by atoms with E-state index in [0.717, 1.165) is 38.5 Å². The molecule has 43 heavy (non-hydrogen) atoms. The Morgan fingerprint density at radius 1 is 0.535 bits per heavy atom. The van der Waals surface area contributed by atoms with Gasteiger partial charge in [-0.3, -0.25) is 0 Å². The number of hydrogen-bond acceptors (Lipinski definition) is 8. The maximum atomic E-state index is 14.3. The van der Waals surface area contributed by atoms with Gasteiger partial charge in [-0.25, -0.2) is 18.0 Å². The van der Waals surface area contributed by atoms with Gasteiger partial charge in [-0.2, -0.15) is 0 Å². The average Bonchev–Trinajstić information content (AvgIpc) is 3.61. The number of hydrogen-bond donors (Lipinski definition) is 0. The molecule has 0 bridgehead atoms. The topological polar surface area (TPSA) is 86.7 Å². The van der Waals surface area contributed by atoms with Crippen molar-refractivity contribution < 1.29 is 27.5 Å². The van der Waals surface area contributed by atoms with Crippen molar-refractivity contribution >= 4 is 44.4 Å². The third-order valence-corrected chi connectivity index (χ3v) is 13.0. The van der Waals surface area contributed by atoms with Crippen molar-refractivity contribution in [2.45, 2.75) is 153 Å². The molecule has 0 N–H and O–H groups in total. The fourth-order valence-corrected chi connectivity index (χ4v) is 11.5. The lowest BCUT2D eigenvalue weighted by atomic mass is 10.0. The molecule has 0 saturated heterocycles. The SMILES string of the molecule is CCCCCCCCCCc1c(C(=O)OCC)sc2c1S(=O)(=O)c1c-2sc(C(=O)OCC)c1CCCCCCCCCC. The Morgan fingerprint density at radius 3 is 1.19 bits per heavy atom. The number of ether oxygens (including phenoxy) is 2. The van der Waals surface area contributed by atoms with E-state index in [2.05, 4.69) is 13.8 Å². The lowest BCUT2D eigenvalue weighted by Gasteiger charge is -2.10. The molecule has 0 aromatic carbocycles. The number of carbonyl (C=O) groups is 2. The van der Waals surface area contributed by atoms with Crippen molar-refractivity contribution in [1.82, 2.24) is 0 Å². The van der Waals surface area contributed by atoms with E-state index in [9.17, 15) is 18.0 Å². The Kier molecular flexibility index (Phi) is 15.2. The lowest BCUT2D eigenvalue weighted by Crippen LogP contribution is -2.10. The molecule has 3 heterocycles. The summed E-state index contributed by atoms with van der Waals surface area (Å²) in [6.07, 6.45) is 19.3. The van der Waals surface area contributed by atoms with Crippen LogP contribution in [0.5, 0.6) is 0 Å². The lowest BCUT2D eigenvalue weighted by molar-refractivity contribution is 0.0521. The summed E-state index contributed by atoms with van der Waals surface area (Å²) in [5, 5.41) is 0. The molecule has 0 amide bonds. The van der Waals surface area contributed by atoms with Gasteiger partial charge in [0.05, 0.1) is 32.8 Å². The molecule has 9 heteroatoms. The minimum atomic E-state index is -3.89. The molecule has 2 aromatic heterocycles. The number of thiophene rings is 2. The highest BCUT2D eigenvalue weighted by molar-refractivity contribution is 7.92. The zero-order valence-corrected chi connectivity index (χ0v) is 29.3. The van der Waals surface area contributed by atoms with Gasteiger partial charge < -0.3 is 9.47 Å². The van der Waals surface area contributed by atoms with Crippen molar-refractivity contribution in [3.05, 3.63) is 20.9 Å². The highest BCUT2D eigenvalue weighted by Gasteiger charge is 2.45. The summed E-state index contributed by atoms with van der Waals surface area (Å²) in [4.78, 5) is 28.5. The molecule has 1 aliphatic heterocycles. The summed E-state index contributed by atoms with van der Waals surface area (Å²) < 4.78 is 39.3. The van der Waals surface area contributed by atoms with E-state index in [4.69, 9.17) is 9.47 Å². The van der Waals surface area contributed by atoms with Crippen LogP contribution in [0.1, 0.15) is 161 Å². The van der Waals surface area contributed by atoms with Crippen LogP contribution in [0, 0.1) is 0 Å². The van der Waals surface area contributed by atoms with Gasteiger partial charge in [0.15, 0.2) is 0 Å². The molecule has 0 saturated carbocycles. The van der Waals surface area contributed by atoms with Crippen LogP contribution in [0.2, 0.25) is 0 Å². The summed E-state index contributed by atoms with van der Waals surface area (Å²) in [7, 11) is -3.89. The first-order chi connectivity index (χ1) is 20.8. The molecule has 0 unspecified atom stereocenters. The van der Waals surface area contributed by atoms with Crippen LogP contribution >= 0.6 is 22.7 Å². The molecular formula is C34H52O6S3. The van der Waals surface area contributed by atoms with Gasteiger partial charge >= 0.3 is 11.9 Å². The second-order valence-electron chi connectivity index (χ2n) is 11.5. The minimum absolute atomic E-state index is 0.228. The molecular weight excluding hydrogens is 601 g/mol. The van der Waals surface area contributed by atoms with Gasteiger partial charge in [-0.15, -0.1) is 22.7 Å². The quantitative estimate of drug-likeness (QED) is 0.0793. The number of fused-ring (bicyclic) bond motifs is 3. The van der Waals surface area contributed by atoms with Crippen LogP contribution in [-0.4, -0.2) is 33.6 Å². The summed E-state index contributed by atoms with van der Waals surface area (Å²) in [5.41, 5.74) is 1.20. The first kappa shape index (κ1) is 35.8. The second-order valence-corrected chi connectivity index (χ2v) is 15.4. The van der Waals surface area contributed by atoms with Crippen molar-refractivity contribution in [3.8, 4) is 9.75 Å². The minimum Gasteiger partial charge on any atom is -0.462 e. The standard InChI is InChI=1S/C34H52O6S3/c1-5-9-11-13-15-17-19-21-23-25-27(33(35)39-7-3)41-29-30-32(43(37,38)31(25)29)26(28(42-30)34(36)40-8-4)24-22-20-18-16-14-12-10-6-2/h5-24H2,1-4H3. The van der Waals surface area contributed by atoms with Crippen molar-refractivity contribution in [3.63, 3.8) is 0 Å². The van der Waals surface area contributed by atoms with E-state index in [1.54, 1.807) is 13.8 Å². The number of esters is 2.